The van der Waals surface area contributed by atoms with Crippen LogP contribution < -0.4 is 5.32 Å². The van der Waals surface area contributed by atoms with Crippen molar-refractivity contribution in [2.45, 2.75) is 40.0 Å². The third-order valence-electron chi connectivity index (χ3n) is 3.64. The van der Waals surface area contributed by atoms with E-state index in [0.29, 0.717) is 18.2 Å². The normalized spacial score (nSPS) is 17.2. The highest BCUT2D eigenvalue weighted by atomic mass is 16.2. The topological polar surface area (TPSA) is 35.6 Å². The van der Waals surface area contributed by atoms with Gasteiger partial charge in [0.25, 0.3) is 0 Å². The second kappa shape index (κ2) is 9.32. The molecular formula is C15H31N3O. The van der Waals surface area contributed by atoms with Crippen LogP contribution in [0.1, 0.15) is 40.0 Å². The molecule has 1 rings (SSSR count). The van der Waals surface area contributed by atoms with Crippen LogP contribution in [0.5, 0.6) is 0 Å². The van der Waals surface area contributed by atoms with E-state index in [4.69, 9.17) is 0 Å². The molecule has 0 aliphatic carbocycles. The number of amides is 1. The largest absolute Gasteiger partial charge is 0.340 e. The lowest BCUT2D eigenvalue weighted by Gasteiger charge is -2.35. The van der Waals surface area contributed by atoms with Gasteiger partial charge < -0.3 is 10.2 Å². The molecule has 0 aromatic heterocycles. The average Bonchev–Trinajstić information content (AvgIpc) is 2.38. The summed E-state index contributed by atoms with van der Waals surface area (Å²) in [6, 6.07) is 0. The van der Waals surface area contributed by atoms with Gasteiger partial charge in [-0.1, -0.05) is 20.8 Å². The number of carbonyl (C=O) groups excluding carboxylic acids is 1. The molecule has 1 aliphatic heterocycles. The van der Waals surface area contributed by atoms with Gasteiger partial charge in [-0.15, -0.1) is 0 Å². The lowest BCUT2D eigenvalue weighted by atomic mass is 10.1. The lowest BCUT2D eigenvalue weighted by Crippen LogP contribution is -2.49. The van der Waals surface area contributed by atoms with Gasteiger partial charge in [0.1, 0.15) is 0 Å². The number of hydrogen-bond donors (Lipinski definition) is 1. The molecule has 0 radical (unpaired) electrons. The SMILES string of the molecule is CCNCCCCN1CCN(C(=O)CC(C)C)CC1. The van der Waals surface area contributed by atoms with Crippen molar-refractivity contribution in [1.82, 2.24) is 15.1 Å². The van der Waals surface area contributed by atoms with Crippen LogP contribution in [0, 0.1) is 5.92 Å². The standard InChI is InChI=1S/C15H31N3O/c1-4-16-7-5-6-8-17-9-11-18(12-10-17)15(19)13-14(2)3/h14,16H,4-13H2,1-3H3. The van der Waals surface area contributed by atoms with Gasteiger partial charge in [0.15, 0.2) is 0 Å². The molecule has 19 heavy (non-hydrogen) atoms. The van der Waals surface area contributed by atoms with Crippen LogP contribution in [0.4, 0.5) is 0 Å². The summed E-state index contributed by atoms with van der Waals surface area (Å²) in [6.45, 7) is 13.7. The first-order valence-corrected chi connectivity index (χ1v) is 7.84. The molecular weight excluding hydrogens is 238 g/mol. The van der Waals surface area contributed by atoms with Crippen molar-refractivity contribution in [3.8, 4) is 0 Å². The molecule has 1 amide bonds. The van der Waals surface area contributed by atoms with Gasteiger partial charge in [-0.2, -0.15) is 0 Å². The molecule has 1 aliphatic rings. The molecule has 0 spiro atoms. The van der Waals surface area contributed by atoms with E-state index < -0.39 is 0 Å². The van der Waals surface area contributed by atoms with Crippen molar-refractivity contribution >= 4 is 5.91 Å². The molecule has 1 N–H and O–H groups in total. The minimum atomic E-state index is 0.335. The van der Waals surface area contributed by atoms with E-state index in [9.17, 15) is 4.79 Å². The number of rotatable bonds is 8. The van der Waals surface area contributed by atoms with Crippen LogP contribution in [0.15, 0.2) is 0 Å². The fourth-order valence-electron chi connectivity index (χ4n) is 2.46. The molecule has 1 fully saturated rings. The monoisotopic (exact) mass is 269 g/mol. The van der Waals surface area contributed by atoms with Crippen LogP contribution in [0.3, 0.4) is 0 Å². The Balaban J connectivity index is 2.10. The van der Waals surface area contributed by atoms with Crippen LogP contribution >= 0.6 is 0 Å². The summed E-state index contributed by atoms with van der Waals surface area (Å²) < 4.78 is 0. The zero-order valence-corrected chi connectivity index (χ0v) is 13.0. The number of hydrogen-bond acceptors (Lipinski definition) is 3. The molecule has 0 bridgehead atoms. The number of unbranched alkanes of at least 4 members (excludes halogenated alkanes) is 1. The summed E-state index contributed by atoms with van der Waals surface area (Å²) in [5.74, 6) is 0.804. The zero-order valence-electron chi connectivity index (χ0n) is 13.0. The zero-order chi connectivity index (χ0) is 14.1. The van der Waals surface area contributed by atoms with Crippen LogP contribution in [0.25, 0.3) is 0 Å². The van der Waals surface area contributed by atoms with E-state index in [1.54, 1.807) is 0 Å². The van der Waals surface area contributed by atoms with Gasteiger partial charge in [0.2, 0.25) is 5.91 Å². The molecule has 1 saturated heterocycles. The molecule has 0 saturated carbocycles. The van der Waals surface area contributed by atoms with Crippen molar-refractivity contribution in [2.75, 3.05) is 45.8 Å². The van der Waals surface area contributed by atoms with Gasteiger partial charge in [0, 0.05) is 32.6 Å². The Morgan fingerprint density at radius 3 is 2.42 bits per heavy atom. The van der Waals surface area contributed by atoms with Crippen molar-refractivity contribution in [2.24, 2.45) is 5.92 Å². The minimum Gasteiger partial charge on any atom is -0.340 e. The number of nitrogens with zero attached hydrogens (tertiary/aromatic N) is 2. The molecule has 0 aromatic rings. The number of carbonyl (C=O) groups is 1. The Bertz CT molecular complexity index is 248. The van der Waals surface area contributed by atoms with E-state index in [2.05, 4.69) is 31.0 Å². The highest BCUT2D eigenvalue weighted by molar-refractivity contribution is 5.76. The van der Waals surface area contributed by atoms with Crippen LogP contribution in [-0.4, -0.2) is 61.5 Å². The predicted molar refractivity (Wildman–Crippen MR) is 80.3 cm³/mol. The Morgan fingerprint density at radius 2 is 1.84 bits per heavy atom. The highest BCUT2D eigenvalue weighted by Gasteiger charge is 2.20. The van der Waals surface area contributed by atoms with E-state index in [1.807, 2.05) is 4.90 Å². The average molecular weight is 269 g/mol. The van der Waals surface area contributed by atoms with Crippen LogP contribution in [-0.2, 0) is 4.79 Å². The van der Waals surface area contributed by atoms with Gasteiger partial charge in [0.05, 0.1) is 0 Å². The maximum absolute atomic E-state index is 11.9. The number of nitrogens with one attached hydrogen (secondary N) is 1. The van der Waals surface area contributed by atoms with Crippen molar-refractivity contribution < 1.29 is 4.79 Å². The molecule has 1 heterocycles. The fraction of sp³-hybridized carbons (Fsp3) is 0.933. The van der Waals surface area contributed by atoms with Gasteiger partial charge >= 0.3 is 0 Å². The van der Waals surface area contributed by atoms with Crippen molar-refractivity contribution in [1.29, 1.82) is 0 Å². The Kier molecular flexibility index (Phi) is 8.07. The summed E-state index contributed by atoms with van der Waals surface area (Å²) in [7, 11) is 0. The second-order valence-corrected chi connectivity index (χ2v) is 5.88. The quantitative estimate of drug-likeness (QED) is 0.679. The van der Waals surface area contributed by atoms with Gasteiger partial charge in [-0.3, -0.25) is 9.69 Å². The molecule has 0 atom stereocenters. The second-order valence-electron chi connectivity index (χ2n) is 5.88. The molecule has 4 heteroatoms. The van der Waals surface area contributed by atoms with E-state index in [-0.39, 0.29) is 0 Å². The molecule has 112 valence electrons. The Labute approximate surface area is 118 Å². The third-order valence-corrected chi connectivity index (χ3v) is 3.64. The van der Waals surface area contributed by atoms with E-state index in [0.717, 1.165) is 39.3 Å². The van der Waals surface area contributed by atoms with Crippen LogP contribution in [0.2, 0.25) is 0 Å². The minimum absolute atomic E-state index is 0.335. The smallest absolute Gasteiger partial charge is 0.222 e. The summed E-state index contributed by atoms with van der Waals surface area (Å²) in [4.78, 5) is 16.5. The maximum Gasteiger partial charge on any atom is 0.222 e. The first-order chi connectivity index (χ1) is 9.13. The van der Waals surface area contributed by atoms with E-state index >= 15 is 0 Å². The predicted octanol–water partition coefficient (Wildman–Crippen LogP) is 1.57. The molecule has 4 nitrogen and oxygen atoms in total. The molecule has 0 aromatic carbocycles. The summed E-state index contributed by atoms with van der Waals surface area (Å²) in [5.41, 5.74) is 0. The number of piperazine rings is 1. The summed E-state index contributed by atoms with van der Waals surface area (Å²) in [5, 5.41) is 3.35. The summed E-state index contributed by atoms with van der Waals surface area (Å²) >= 11 is 0. The lowest BCUT2D eigenvalue weighted by molar-refractivity contribution is -0.133. The van der Waals surface area contributed by atoms with E-state index in [1.165, 1.54) is 19.4 Å². The first kappa shape index (κ1) is 16.4. The van der Waals surface area contributed by atoms with Crippen molar-refractivity contribution in [3.63, 3.8) is 0 Å². The Hall–Kier alpha value is -0.610. The fourth-order valence-corrected chi connectivity index (χ4v) is 2.46. The Morgan fingerprint density at radius 1 is 1.16 bits per heavy atom. The van der Waals surface area contributed by atoms with Gasteiger partial charge in [-0.05, 0) is 38.4 Å². The third kappa shape index (κ3) is 6.92. The summed E-state index contributed by atoms with van der Waals surface area (Å²) in [6.07, 6.45) is 3.20. The van der Waals surface area contributed by atoms with Gasteiger partial charge in [-0.25, -0.2) is 0 Å². The molecule has 0 unspecified atom stereocenters. The van der Waals surface area contributed by atoms with Crippen molar-refractivity contribution in [3.05, 3.63) is 0 Å². The highest BCUT2D eigenvalue weighted by Crippen LogP contribution is 2.08. The first-order valence-electron chi connectivity index (χ1n) is 7.84. The maximum atomic E-state index is 11.9.